The van der Waals surface area contributed by atoms with E-state index in [0.717, 1.165) is 12.8 Å². The highest BCUT2D eigenvalue weighted by Crippen LogP contribution is 2.19. The third-order valence-corrected chi connectivity index (χ3v) is 3.09. The van der Waals surface area contributed by atoms with E-state index in [1.54, 1.807) is 0 Å². The van der Waals surface area contributed by atoms with Crippen LogP contribution in [0.1, 0.15) is 44.9 Å². The summed E-state index contributed by atoms with van der Waals surface area (Å²) in [5, 5.41) is 2.85. The lowest BCUT2D eigenvalue weighted by Gasteiger charge is -2.22. The molecule has 0 aromatic carbocycles. The molecule has 2 aliphatic rings. The van der Waals surface area contributed by atoms with Gasteiger partial charge >= 0.3 is 6.09 Å². The van der Waals surface area contributed by atoms with E-state index in [9.17, 15) is 9.59 Å². The molecule has 2 aliphatic carbocycles. The van der Waals surface area contributed by atoms with Crippen LogP contribution in [0.3, 0.4) is 0 Å². The Morgan fingerprint density at radius 2 is 2.00 bits per heavy atom. The van der Waals surface area contributed by atoms with Gasteiger partial charge in [0.25, 0.3) is 0 Å². The van der Waals surface area contributed by atoms with Crippen molar-refractivity contribution in [1.29, 1.82) is 0 Å². The molecule has 0 aromatic rings. The van der Waals surface area contributed by atoms with Gasteiger partial charge in [0.15, 0.2) is 5.78 Å². The molecule has 0 unspecified atom stereocenters. The van der Waals surface area contributed by atoms with E-state index in [2.05, 4.69) is 5.32 Å². The van der Waals surface area contributed by atoms with Gasteiger partial charge in [-0.3, -0.25) is 4.79 Å². The lowest BCUT2D eigenvalue weighted by Crippen LogP contribution is -2.36. The van der Waals surface area contributed by atoms with Crippen LogP contribution in [0.15, 0.2) is 11.8 Å². The number of carbonyl (C=O) groups is 2. The molecule has 4 heteroatoms. The molecular formula is C12H17NO3. The summed E-state index contributed by atoms with van der Waals surface area (Å²) in [5.74, 6) is 0.541. The summed E-state index contributed by atoms with van der Waals surface area (Å²) in [6.45, 7) is 0. The molecule has 0 atom stereocenters. The van der Waals surface area contributed by atoms with Crippen LogP contribution in [0, 0.1) is 0 Å². The lowest BCUT2D eigenvalue weighted by atomic mass is 9.96. The van der Waals surface area contributed by atoms with Gasteiger partial charge in [-0.25, -0.2) is 4.79 Å². The summed E-state index contributed by atoms with van der Waals surface area (Å²) in [7, 11) is 0. The van der Waals surface area contributed by atoms with E-state index in [-0.39, 0.29) is 11.8 Å². The normalized spacial score (nSPS) is 21.8. The smallest absolute Gasteiger partial charge is 0.412 e. The van der Waals surface area contributed by atoms with Crippen molar-refractivity contribution in [1.82, 2.24) is 5.32 Å². The van der Waals surface area contributed by atoms with E-state index in [0.29, 0.717) is 18.6 Å². The van der Waals surface area contributed by atoms with Gasteiger partial charge < -0.3 is 10.1 Å². The summed E-state index contributed by atoms with van der Waals surface area (Å²) in [6.07, 6.45) is 7.70. The van der Waals surface area contributed by atoms with Crippen molar-refractivity contribution in [3.05, 3.63) is 11.8 Å². The van der Waals surface area contributed by atoms with E-state index in [1.165, 1.54) is 25.3 Å². The maximum absolute atomic E-state index is 11.5. The molecule has 1 N–H and O–H groups in total. The fraction of sp³-hybridized carbons (Fsp3) is 0.667. The summed E-state index contributed by atoms with van der Waals surface area (Å²) < 4.78 is 5.07. The van der Waals surface area contributed by atoms with E-state index < -0.39 is 6.09 Å². The maximum Gasteiger partial charge on any atom is 0.412 e. The average molecular weight is 223 g/mol. The summed E-state index contributed by atoms with van der Waals surface area (Å²) in [4.78, 5) is 22.4. The predicted octanol–water partition coefficient (Wildman–Crippen LogP) is 2.29. The minimum Gasteiger partial charge on any atom is -0.415 e. The zero-order chi connectivity index (χ0) is 11.4. The van der Waals surface area contributed by atoms with Crippen molar-refractivity contribution >= 4 is 11.9 Å². The van der Waals surface area contributed by atoms with Crippen LogP contribution < -0.4 is 5.32 Å². The molecule has 1 fully saturated rings. The topological polar surface area (TPSA) is 55.4 Å². The Morgan fingerprint density at radius 1 is 1.25 bits per heavy atom. The van der Waals surface area contributed by atoms with Crippen LogP contribution in [-0.2, 0) is 9.53 Å². The van der Waals surface area contributed by atoms with Crippen LogP contribution >= 0.6 is 0 Å². The van der Waals surface area contributed by atoms with Crippen LogP contribution in [0.25, 0.3) is 0 Å². The zero-order valence-electron chi connectivity index (χ0n) is 9.33. The van der Waals surface area contributed by atoms with Gasteiger partial charge in [-0.1, -0.05) is 19.3 Å². The summed E-state index contributed by atoms with van der Waals surface area (Å²) in [6, 6.07) is 0.249. The Hall–Kier alpha value is -1.32. The van der Waals surface area contributed by atoms with Crippen molar-refractivity contribution in [3.63, 3.8) is 0 Å². The third kappa shape index (κ3) is 3.08. The first-order chi connectivity index (χ1) is 7.74. The van der Waals surface area contributed by atoms with Gasteiger partial charge in [-0.15, -0.1) is 0 Å². The minimum absolute atomic E-state index is 0.0421. The number of ether oxygens (including phenoxy) is 1. The number of hydrogen-bond acceptors (Lipinski definition) is 3. The van der Waals surface area contributed by atoms with Crippen LogP contribution in [0.2, 0.25) is 0 Å². The Morgan fingerprint density at radius 3 is 2.62 bits per heavy atom. The molecule has 1 saturated carbocycles. The Bertz CT molecular complexity index is 316. The number of alkyl carbamates (subject to hydrolysis) is 1. The third-order valence-electron chi connectivity index (χ3n) is 3.09. The standard InChI is InChI=1S/C12H17NO3/c14-10-6-7-11(8-10)16-12(15)13-9-4-2-1-3-5-9/h8-9H,1-7H2,(H,13,15). The molecule has 0 spiro atoms. The van der Waals surface area contributed by atoms with Gasteiger partial charge in [0.2, 0.25) is 0 Å². The highest BCUT2D eigenvalue weighted by molar-refractivity contribution is 5.93. The second kappa shape index (κ2) is 5.14. The number of rotatable bonds is 2. The number of hydrogen-bond donors (Lipinski definition) is 1. The van der Waals surface area contributed by atoms with E-state index in [4.69, 9.17) is 4.74 Å². The molecule has 88 valence electrons. The van der Waals surface area contributed by atoms with Crippen molar-refractivity contribution < 1.29 is 14.3 Å². The first kappa shape index (κ1) is 11.2. The number of amides is 1. The predicted molar refractivity (Wildman–Crippen MR) is 58.8 cm³/mol. The molecule has 0 aliphatic heterocycles. The van der Waals surface area contributed by atoms with Crippen molar-refractivity contribution in [2.24, 2.45) is 0 Å². The Kier molecular flexibility index (Phi) is 3.59. The molecule has 4 nitrogen and oxygen atoms in total. The monoisotopic (exact) mass is 223 g/mol. The molecule has 1 amide bonds. The Labute approximate surface area is 95.0 Å². The molecule has 16 heavy (non-hydrogen) atoms. The van der Waals surface area contributed by atoms with E-state index >= 15 is 0 Å². The van der Waals surface area contributed by atoms with Crippen molar-refractivity contribution in [2.45, 2.75) is 51.0 Å². The average Bonchev–Trinajstić information content (AvgIpc) is 2.65. The van der Waals surface area contributed by atoms with Gasteiger partial charge in [-0.05, 0) is 12.8 Å². The number of allylic oxidation sites excluding steroid dienone is 2. The minimum atomic E-state index is -0.409. The number of ketones is 1. The fourth-order valence-electron chi connectivity index (χ4n) is 2.21. The largest absolute Gasteiger partial charge is 0.415 e. The quantitative estimate of drug-likeness (QED) is 0.781. The molecule has 0 saturated heterocycles. The molecule has 2 rings (SSSR count). The first-order valence-corrected chi connectivity index (χ1v) is 5.96. The van der Waals surface area contributed by atoms with Gasteiger partial charge in [-0.2, -0.15) is 0 Å². The molecule has 0 radical (unpaired) electrons. The molecule has 0 bridgehead atoms. The van der Waals surface area contributed by atoms with Gasteiger partial charge in [0.05, 0.1) is 0 Å². The zero-order valence-corrected chi connectivity index (χ0v) is 9.33. The SMILES string of the molecule is O=C1C=C(OC(=O)NC2CCCCC2)CC1. The maximum atomic E-state index is 11.5. The van der Waals surface area contributed by atoms with Crippen LogP contribution in [0.5, 0.6) is 0 Å². The Balaban J connectivity index is 1.75. The first-order valence-electron chi connectivity index (χ1n) is 5.96. The van der Waals surface area contributed by atoms with Crippen LogP contribution in [0.4, 0.5) is 4.79 Å². The van der Waals surface area contributed by atoms with Crippen molar-refractivity contribution in [3.8, 4) is 0 Å². The van der Waals surface area contributed by atoms with Crippen LogP contribution in [-0.4, -0.2) is 17.9 Å². The highest BCUT2D eigenvalue weighted by atomic mass is 16.6. The lowest BCUT2D eigenvalue weighted by molar-refractivity contribution is -0.114. The van der Waals surface area contributed by atoms with Gasteiger partial charge in [0.1, 0.15) is 5.76 Å². The number of carbonyl (C=O) groups excluding carboxylic acids is 2. The van der Waals surface area contributed by atoms with E-state index in [1.807, 2.05) is 0 Å². The second-order valence-corrected chi connectivity index (χ2v) is 4.45. The summed E-state index contributed by atoms with van der Waals surface area (Å²) in [5.41, 5.74) is 0. The highest BCUT2D eigenvalue weighted by Gasteiger charge is 2.19. The molecular weight excluding hydrogens is 206 g/mol. The fourth-order valence-corrected chi connectivity index (χ4v) is 2.21. The van der Waals surface area contributed by atoms with Gasteiger partial charge in [0, 0.05) is 25.0 Å². The summed E-state index contributed by atoms with van der Waals surface area (Å²) >= 11 is 0. The molecule has 0 aromatic heterocycles. The number of nitrogens with one attached hydrogen (secondary N) is 1. The molecule has 0 heterocycles. The second-order valence-electron chi connectivity index (χ2n) is 4.45. The van der Waals surface area contributed by atoms with Crippen molar-refractivity contribution in [2.75, 3.05) is 0 Å².